The van der Waals surface area contributed by atoms with Gasteiger partial charge < -0.3 is 9.47 Å². The van der Waals surface area contributed by atoms with Crippen molar-refractivity contribution < 1.29 is 45.4 Å². The lowest BCUT2D eigenvalue weighted by atomic mass is 9.95. The maximum Gasteiger partial charge on any atom is 0.416 e. The molecule has 0 fully saturated rings. The van der Waals surface area contributed by atoms with Crippen LogP contribution >= 0.6 is 23.5 Å². The molecular formula is C49H44F6N6O4S2. The fraction of sp³-hybridized carbons (Fsp3) is 0.306. The predicted octanol–water partition coefficient (Wildman–Crippen LogP) is 12.3. The van der Waals surface area contributed by atoms with Crippen LogP contribution < -0.4 is 9.80 Å². The summed E-state index contributed by atoms with van der Waals surface area (Å²) in [4.78, 5) is 40.1. The minimum absolute atomic E-state index is 0.0438. The van der Waals surface area contributed by atoms with Crippen molar-refractivity contribution in [3.63, 3.8) is 0 Å². The van der Waals surface area contributed by atoms with Crippen molar-refractivity contribution in [2.75, 3.05) is 34.5 Å². The van der Waals surface area contributed by atoms with Gasteiger partial charge in [-0.05, 0) is 112 Å². The summed E-state index contributed by atoms with van der Waals surface area (Å²) in [7, 11) is 0. The number of benzene rings is 4. The standard InChI is InChI=1S/C49H44F6N6O4S2/c1-5-64-44(62)40-30(3)60(38-14-10-12-36(26-38)48(50,51)52)46(58-42(40)34-20-16-32(28-56)17-21-34)66-24-8-7-9-25-67-47-59-43(35-22-18-33(29-57)19-23-35)41(45(63)65-6-2)31(4)61(47)39-15-11-13-37(27-39)49(53,54)55/h10-23,26-27,42-43H,5-9,24-25H2,1-4H3/t42-,43-/m1/s1. The molecule has 10 nitrogen and oxygen atoms in total. The minimum atomic E-state index is -4.64. The van der Waals surface area contributed by atoms with E-state index in [2.05, 4.69) is 12.1 Å². The van der Waals surface area contributed by atoms with E-state index in [4.69, 9.17) is 19.5 Å². The fourth-order valence-electron chi connectivity index (χ4n) is 7.45. The lowest BCUT2D eigenvalue weighted by Crippen LogP contribution is -2.35. The van der Waals surface area contributed by atoms with Gasteiger partial charge in [-0.15, -0.1) is 0 Å². The smallest absolute Gasteiger partial charge is 0.416 e. The summed E-state index contributed by atoms with van der Waals surface area (Å²) in [5.41, 5.74) is 1.37. The second-order valence-electron chi connectivity index (χ2n) is 15.1. The molecule has 2 heterocycles. The van der Waals surface area contributed by atoms with Crippen LogP contribution in [0.3, 0.4) is 0 Å². The van der Waals surface area contributed by atoms with Crippen LogP contribution in [0.1, 0.15) is 92.4 Å². The molecule has 67 heavy (non-hydrogen) atoms. The average molecular weight is 959 g/mol. The first-order valence-electron chi connectivity index (χ1n) is 21.1. The summed E-state index contributed by atoms with van der Waals surface area (Å²) >= 11 is 2.60. The number of carbonyl (C=O) groups excluding carboxylic acids is 2. The number of esters is 2. The number of hydrogen-bond acceptors (Lipinski definition) is 12. The Kier molecular flexibility index (Phi) is 16.3. The molecule has 0 unspecified atom stereocenters. The minimum Gasteiger partial charge on any atom is -0.463 e. The Labute approximate surface area is 392 Å². The lowest BCUT2D eigenvalue weighted by molar-refractivity contribution is -0.139. The van der Waals surface area contributed by atoms with Crippen LogP contribution in [0.15, 0.2) is 130 Å². The summed E-state index contributed by atoms with van der Waals surface area (Å²) < 4.78 is 94.8. The highest BCUT2D eigenvalue weighted by Crippen LogP contribution is 2.43. The number of aliphatic imine (C=N–C) groups is 2. The zero-order valence-electron chi connectivity index (χ0n) is 36.7. The molecule has 0 bridgehead atoms. The normalized spacial score (nSPS) is 16.5. The first-order valence-corrected chi connectivity index (χ1v) is 23.1. The van der Waals surface area contributed by atoms with E-state index in [0.717, 1.165) is 24.3 Å². The van der Waals surface area contributed by atoms with E-state index in [-0.39, 0.29) is 35.7 Å². The van der Waals surface area contributed by atoms with Gasteiger partial charge in [-0.25, -0.2) is 19.6 Å². The number of hydrogen-bond donors (Lipinski definition) is 0. The van der Waals surface area contributed by atoms with E-state index in [1.54, 1.807) is 76.2 Å². The molecule has 2 aliphatic heterocycles. The molecule has 0 saturated heterocycles. The monoisotopic (exact) mass is 958 g/mol. The SMILES string of the molecule is CCOC(=O)C1=C(C)N(c2cccc(C(F)(F)F)c2)C(SCCCCCSC2=N[C@H](c3ccc(C#N)cc3)C(C(=O)OCC)=C(C)N2c2cccc(C(F)(F)F)c2)=N[C@@H]1c1ccc(C#N)cc1. The van der Waals surface area contributed by atoms with E-state index in [1.165, 1.54) is 57.6 Å². The van der Waals surface area contributed by atoms with Crippen LogP contribution in [-0.4, -0.2) is 47.0 Å². The summed E-state index contributed by atoms with van der Waals surface area (Å²) in [5.74, 6) is -0.443. The Hall–Kier alpha value is -6.50. The Morgan fingerprint density at radius 2 is 0.985 bits per heavy atom. The molecule has 348 valence electrons. The molecule has 18 heteroatoms. The molecular weight excluding hydrogens is 915 g/mol. The van der Waals surface area contributed by atoms with Crippen molar-refractivity contribution in [2.45, 2.75) is 71.4 Å². The van der Waals surface area contributed by atoms with Crippen molar-refractivity contribution in [3.05, 3.63) is 153 Å². The van der Waals surface area contributed by atoms with Crippen molar-refractivity contribution in [1.29, 1.82) is 10.5 Å². The van der Waals surface area contributed by atoms with Crippen molar-refractivity contribution in [1.82, 2.24) is 0 Å². The van der Waals surface area contributed by atoms with Gasteiger partial charge in [0.1, 0.15) is 12.1 Å². The van der Waals surface area contributed by atoms with Gasteiger partial charge in [-0.2, -0.15) is 36.9 Å². The van der Waals surface area contributed by atoms with E-state index < -0.39 is 47.5 Å². The zero-order valence-corrected chi connectivity index (χ0v) is 38.4. The van der Waals surface area contributed by atoms with Crippen LogP contribution in [0.4, 0.5) is 37.7 Å². The Balaban J connectivity index is 1.25. The van der Waals surface area contributed by atoms with Crippen LogP contribution in [0.2, 0.25) is 0 Å². The number of carbonyl (C=O) groups is 2. The van der Waals surface area contributed by atoms with Crippen LogP contribution in [0, 0.1) is 22.7 Å². The number of amidine groups is 2. The molecule has 0 aliphatic carbocycles. The molecule has 0 radical (unpaired) electrons. The van der Waals surface area contributed by atoms with Gasteiger partial charge >= 0.3 is 24.3 Å². The van der Waals surface area contributed by atoms with Gasteiger partial charge in [0.05, 0.1) is 58.8 Å². The first-order chi connectivity index (χ1) is 32.0. The number of nitrogens with zero attached hydrogens (tertiary/aromatic N) is 6. The molecule has 6 rings (SSSR count). The Morgan fingerprint density at radius 3 is 1.31 bits per heavy atom. The molecule has 4 aromatic carbocycles. The lowest BCUT2D eigenvalue weighted by Gasteiger charge is -2.35. The number of rotatable bonds is 14. The molecule has 0 spiro atoms. The van der Waals surface area contributed by atoms with Gasteiger partial charge in [0, 0.05) is 34.3 Å². The molecule has 0 N–H and O–H groups in total. The average Bonchev–Trinajstić information content (AvgIpc) is 3.30. The van der Waals surface area contributed by atoms with Gasteiger partial charge in [0.15, 0.2) is 10.3 Å². The number of ether oxygens (including phenoxy) is 2. The number of nitriles is 2. The van der Waals surface area contributed by atoms with Gasteiger partial charge in [-0.1, -0.05) is 66.3 Å². The Morgan fingerprint density at radius 1 is 0.612 bits per heavy atom. The third kappa shape index (κ3) is 11.7. The number of anilines is 2. The quantitative estimate of drug-likeness (QED) is 0.0683. The molecule has 4 aromatic rings. The van der Waals surface area contributed by atoms with Gasteiger partial charge in [-0.3, -0.25) is 9.80 Å². The van der Waals surface area contributed by atoms with Crippen LogP contribution in [-0.2, 0) is 31.4 Å². The maximum absolute atomic E-state index is 14.0. The summed E-state index contributed by atoms with van der Waals surface area (Å²) in [6, 6.07) is 24.9. The number of thioether (sulfide) groups is 2. The number of alkyl halides is 6. The van der Waals surface area contributed by atoms with Crippen molar-refractivity contribution in [3.8, 4) is 12.1 Å². The third-order valence-corrected chi connectivity index (χ3v) is 12.8. The fourth-order valence-corrected chi connectivity index (χ4v) is 9.61. The van der Waals surface area contributed by atoms with Crippen molar-refractivity contribution >= 4 is 57.2 Å². The highest BCUT2D eigenvalue weighted by Gasteiger charge is 2.39. The summed E-state index contributed by atoms with van der Waals surface area (Å²) in [5, 5.41) is 19.5. The molecule has 0 amide bonds. The maximum atomic E-state index is 14.0. The number of allylic oxidation sites excluding steroid dienone is 2. The molecule has 2 atom stereocenters. The number of unbranched alkanes of at least 4 members (excludes halogenated alkanes) is 2. The van der Waals surface area contributed by atoms with Crippen LogP contribution in [0.25, 0.3) is 0 Å². The van der Waals surface area contributed by atoms with E-state index in [9.17, 15) is 46.5 Å². The van der Waals surface area contributed by atoms with E-state index in [1.807, 2.05) is 0 Å². The van der Waals surface area contributed by atoms with Gasteiger partial charge in [0.25, 0.3) is 0 Å². The first kappa shape index (κ1) is 49.9. The second-order valence-corrected chi connectivity index (χ2v) is 17.2. The zero-order chi connectivity index (χ0) is 48.5. The molecule has 2 aliphatic rings. The van der Waals surface area contributed by atoms with Gasteiger partial charge in [0.2, 0.25) is 0 Å². The highest BCUT2D eigenvalue weighted by molar-refractivity contribution is 8.14. The van der Waals surface area contributed by atoms with E-state index >= 15 is 0 Å². The van der Waals surface area contributed by atoms with Crippen molar-refractivity contribution in [2.24, 2.45) is 9.98 Å². The van der Waals surface area contributed by atoms with Crippen LogP contribution in [0.5, 0.6) is 0 Å². The second kappa shape index (κ2) is 21.9. The Bertz CT molecular complexity index is 2500. The largest absolute Gasteiger partial charge is 0.463 e. The topological polar surface area (TPSA) is 131 Å². The molecule has 0 aromatic heterocycles. The molecule has 0 saturated carbocycles. The summed E-state index contributed by atoms with van der Waals surface area (Å²) in [6.45, 7) is 6.63. The summed E-state index contributed by atoms with van der Waals surface area (Å²) in [6.07, 6.45) is -7.41. The third-order valence-electron chi connectivity index (χ3n) is 10.7. The van der Waals surface area contributed by atoms with E-state index in [0.29, 0.717) is 74.8 Å². The predicted molar refractivity (Wildman–Crippen MR) is 248 cm³/mol. The highest BCUT2D eigenvalue weighted by atomic mass is 32.2. The number of halogens is 6.